The lowest BCUT2D eigenvalue weighted by atomic mass is 10.2. The van der Waals surface area contributed by atoms with Crippen LogP contribution in [0.1, 0.15) is 5.56 Å². The molecule has 0 saturated carbocycles. The van der Waals surface area contributed by atoms with E-state index in [-0.39, 0.29) is 18.1 Å². The standard InChI is InChI=1S/C13H9BrF2O2/c14-10-3-2-9(15)6-13(10)18-12-4-1-8(7-17)5-11(12)16/h1-6,17H,7H2. The molecule has 0 fully saturated rings. The largest absolute Gasteiger partial charge is 0.453 e. The molecule has 0 radical (unpaired) electrons. The number of hydrogen-bond acceptors (Lipinski definition) is 2. The molecule has 0 amide bonds. The molecule has 2 aromatic rings. The zero-order valence-electron chi connectivity index (χ0n) is 9.16. The average molecular weight is 315 g/mol. The smallest absolute Gasteiger partial charge is 0.166 e. The van der Waals surface area contributed by atoms with Gasteiger partial charge in [0.15, 0.2) is 11.6 Å². The summed E-state index contributed by atoms with van der Waals surface area (Å²) in [7, 11) is 0. The highest BCUT2D eigenvalue weighted by Gasteiger charge is 2.09. The molecule has 0 spiro atoms. The molecule has 2 nitrogen and oxygen atoms in total. The molecule has 0 aromatic heterocycles. The molecule has 18 heavy (non-hydrogen) atoms. The second-order valence-corrected chi connectivity index (χ2v) is 4.45. The van der Waals surface area contributed by atoms with Gasteiger partial charge in [0.05, 0.1) is 11.1 Å². The molecule has 0 bridgehead atoms. The number of ether oxygens (including phenoxy) is 1. The van der Waals surface area contributed by atoms with Crippen LogP contribution in [0.5, 0.6) is 11.5 Å². The van der Waals surface area contributed by atoms with Crippen LogP contribution in [0.25, 0.3) is 0 Å². The van der Waals surface area contributed by atoms with E-state index in [0.29, 0.717) is 10.0 Å². The molecule has 94 valence electrons. The first-order chi connectivity index (χ1) is 8.60. The van der Waals surface area contributed by atoms with Crippen LogP contribution in [0.3, 0.4) is 0 Å². The zero-order valence-corrected chi connectivity index (χ0v) is 10.7. The third kappa shape index (κ3) is 2.86. The molecule has 0 aliphatic heterocycles. The summed E-state index contributed by atoms with van der Waals surface area (Å²) in [5.41, 5.74) is 0.443. The van der Waals surface area contributed by atoms with Crippen LogP contribution in [0, 0.1) is 11.6 Å². The molecule has 2 aromatic carbocycles. The molecular weight excluding hydrogens is 306 g/mol. The van der Waals surface area contributed by atoms with Crippen LogP contribution in [0.2, 0.25) is 0 Å². The summed E-state index contributed by atoms with van der Waals surface area (Å²) in [5.74, 6) is -0.928. The summed E-state index contributed by atoms with van der Waals surface area (Å²) in [6.07, 6.45) is 0. The maximum Gasteiger partial charge on any atom is 0.166 e. The highest BCUT2D eigenvalue weighted by atomic mass is 79.9. The Labute approximate surface area is 111 Å². The van der Waals surface area contributed by atoms with Gasteiger partial charge in [-0.1, -0.05) is 6.07 Å². The predicted octanol–water partition coefficient (Wildman–Crippen LogP) is 4.01. The van der Waals surface area contributed by atoms with Crippen LogP contribution in [-0.4, -0.2) is 5.11 Å². The SMILES string of the molecule is OCc1ccc(Oc2cc(F)ccc2Br)c(F)c1. The Kier molecular flexibility index (Phi) is 3.93. The number of benzene rings is 2. The van der Waals surface area contributed by atoms with E-state index in [1.807, 2.05) is 0 Å². The summed E-state index contributed by atoms with van der Waals surface area (Å²) in [6.45, 7) is -0.249. The summed E-state index contributed by atoms with van der Waals surface area (Å²) >= 11 is 3.19. The van der Waals surface area contributed by atoms with Crippen molar-refractivity contribution in [2.24, 2.45) is 0 Å². The second-order valence-electron chi connectivity index (χ2n) is 3.60. The van der Waals surface area contributed by atoms with Gasteiger partial charge in [-0.3, -0.25) is 0 Å². The van der Waals surface area contributed by atoms with Crippen LogP contribution in [0.4, 0.5) is 8.78 Å². The van der Waals surface area contributed by atoms with Crippen molar-refractivity contribution in [3.63, 3.8) is 0 Å². The van der Waals surface area contributed by atoms with Gasteiger partial charge in [-0.2, -0.15) is 0 Å². The van der Waals surface area contributed by atoms with E-state index in [1.54, 1.807) is 0 Å². The van der Waals surface area contributed by atoms with E-state index in [4.69, 9.17) is 9.84 Å². The Hall–Kier alpha value is -1.46. The Morgan fingerprint density at radius 3 is 2.50 bits per heavy atom. The van der Waals surface area contributed by atoms with Gasteiger partial charge in [0.1, 0.15) is 11.6 Å². The van der Waals surface area contributed by atoms with Crippen molar-refractivity contribution in [3.05, 3.63) is 58.1 Å². The highest BCUT2D eigenvalue weighted by Crippen LogP contribution is 2.31. The maximum absolute atomic E-state index is 13.6. The topological polar surface area (TPSA) is 29.5 Å². The van der Waals surface area contributed by atoms with Gasteiger partial charge >= 0.3 is 0 Å². The Morgan fingerprint density at radius 2 is 1.83 bits per heavy atom. The first-order valence-electron chi connectivity index (χ1n) is 5.12. The summed E-state index contributed by atoms with van der Waals surface area (Å²) in [4.78, 5) is 0. The second kappa shape index (κ2) is 5.46. The van der Waals surface area contributed by atoms with Crippen molar-refractivity contribution in [2.45, 2.75) is 6.61 Å². The lowest BCUT2D eigenvalue weighted by Gasteiger charge is -2.09. The number of halogens is 3. The van der Waals surface area contributed by atoms with Crippen molar-refractivity contribution in [3.8, 4) is 11.5 Å². The number of hydrogen-bond donors (Lipinski definition) is 1. The van der Waals surface area contributed by atoms with Gasteiger partial charge in [0.25, 0.3) is 0 Å². The monoisotopic (exact) mass is 314 g/mol. The van der Waals surface area contributed by atoms with Crippen molar-refractivity contribution < 1.29 is 18.6 Å². The molecule has 5 heteroatoms. The molecule has 0 atom stereocenters. The fourth-order valence-electron chi connectivity index (χ4n) is 1.40. The molecule has 2 rings (SSSR count). The quantitative estimate of drug-likeness (QED) is 0.927. The lowest BCUT2D eigenvalue weighted by molar-refractivity contribution is 0.281. The Morgan fingerprint density at radius 1 is 1.06 bits per heavy atom. The fourth-order valence-corrected chi connectivity index (χ4v) is 1.73. The Bertz CT molecular complexity index is 573. The van der Waals surface area contributed by atoms with E-state index in [2.05, 4.69) is 15.9 Å². The summed E-state index contributed by atoms with van der Waals surface area (Å²) in [5, 5.41) is 8.86. The van der Waals surface area contributed by atoms with Crippen LogP contribution < -0.4 is 4.74 Å². The highest BCUT2D eigenvalue weighted by molar-refractivity contribution is 9.10. The minimum atomic E-state index is -0.613. The number of aliphatic hydroxyl groups is 1. The first kappa shape index (κ1) is 13.0. The average Bonchev–Trinajstić information content (AvgIpc) is 2.36. The van der Waals surface area contributed by atoms with E-state index < -0.39 is 11.6 Å². The fraction of sp³-hybridized carbons (Fsp3) is 0.0769. The van der Waals surface area contributed by atoms with Gasteiger partial charge in [-0.25, -0.2) is 8.78 Å². The number of rotatable bonds is 3. The Balaban J connectivity index is 2.31. The van der Waals surface area contributed by atoms with Crippen molar-refractivity contribution >= 4 is 15.9 Å². The van der Waals surface area contributed by atoms with Gasteiger partial charge in [0.2, 0.25) is 0 Å². The van der Waals surface area contributed by atoms with E-state index in [1.165, 1.54) is 30.3 Å². The van der Waals surface area contributed by atoms with Crippen molar-refractivity contribution in [1.29, 1.82) is 0 Å². The predicted molar refractivity (Wildman–Crippen MR) is 66.5 cm³/mol. The van der Waals surface area contributed by atoms with Crippen molar-refractivity contribution in [2.75, 3.05) is 0 Å². The van der Waals surface area contributed by atoms with E-state index in [9.17, 15) is 8.78 Å². The first-order valence-corrected chi connectivity index (χ1v) is 5.91. The third-order valence-electron chi connectivity index (χ3n) is 2.29. The molecule has 0 heterocycles. The molecular formula is C13H9BrF2O2. The normalized spacial score (nSPS) is 10.4. The van der Waals surface area contributed by atoms with Gasteiger partial charge in [-0.05, 0) is 45.8 Å². The van der Waals surface area contributed by atoms with Gasteiger partial charge in [0, 0.05) is 6.07 Å². The summed E-state index contributed by atoms with van der Waals surface area (Å²) < 4.78 is 32.5. The van der Waals surface area contributed by atoms with Crippen LogP contribution in [-0.2, 0) is 6.61 Å². The van der Waals surface area contributed by atoms with E-state index in [0.717, 1.165) is 6.07 Å². The third-order valence-corrected chi connectivity index (χ3v) is 2.95. The molecule has 0 saturated heterocycles. The molecule has 0 aliphatic rings. The number of aliphatic hydroxyl groups excluding tert-OH is 1. The van der Waals surface area contributed by atoms with Crippen LogP contribution >= 0.6 is 15.9 Å². The minimum absolute atomic E-state index is 0.0292. The molecule has 0 aliphatic carbocycles. The molecule has 0 unspecified atom stereocenters. The van der Waals surface area contributed by atoms with Crippen molar-refractivity contribution in [1.82, 2.24) is 0 Å². The van der Waals surface area contributed by atoms with E-state index >= 15 is 0 Å². The van der Waals surface area contributed by atoms with Crippen LogP contribution in [0.15, 0.2) is 40.9 Å². The lowest BCUT2D eigenvalue weighted by Crippen LogP contribution is -1.92. The van der Waals surface area contributed by atoms with Gasteiger partial charge < -0.3 is 9.84 Å². The summed E-state index contributed by atoms with van der Waals surface area (Å²) in [6, 6.07) is 7.99. The van der Waals surface area contributed by atoms with Gasteiger partial charge in [-0.15, -0.1) is 0 Å². The molecule has 1 N–H and O–H groups in total. The maximum atomic E-state index is 13.6. The zero-order chi connectivity index (χ0) is 13.1. The minimum Gasteiger partial charge on any atom is -0.453 e.